The first kappa shape index (κ1) is 22.6. The van der Waals surface area contributed by atoms with Gasteiger partial charge in [0, 0.05) is 56.5 Å². The quantitative estimate of drug-likeness (QED) is 0.484. The molecule has 10 heteroatoms. The summed E-state index contributed by atoms with van der Waals surface area (Å²) in [4.78, 5) is 37.8. The average Bonchev–Trinajstić information content (AvgIpc) is 2.71. The van der Waals surface area contributed by atoms with Crippen LogP contribution in [0.2, 0.25) is 5.02 Å². The number of methoxy groups -OCH3 is 2. The molecule has 1 aliphatic rings. The van der Waals surface area contributed by atoms with Crippen molar-refractivity contribution in [3.05, 3.63) is 17.2 Å². The van der Waals surface area contributed by atoms with Crippen molar-refractivity contribution in [3.8, 4) is 11.5 Å². The molecule has 0 aromatic heterocycles. The van der Waals surface area contributed by atoms with Gasteiger partial charge < -0.3 is 24.6 Å². The van der Waals surface area contributed by atoms with Crippen LogP contribution in [0.4, 0.5) is 10.5 Å². The Hall–Kier alpha value is -2.68. The summed E-state index contributed by atoms with van der Waals surface area (Å²) < 4.78 is 10.7. The molecule has 0 bridgehead atoms. The van der Waals surface area contributed by atoms with Crippen LogP contribution >= 0.6 is 11.6 Å². The van der Waals surface area contributed by atoms with Crippen LogP contribution in [0.25, 0.3) is 0 Å². The minimum absolute atomic E-state index is 0.0420. The Morgan fingerprint density at radius 1 is 1.24 bits per heavy atom. The molecular weight excluding hydrogens is 400 g/mol. The van der Waals surface area contributed by atoms with E-state index in [0.717, 1.165) is 5.69 Å². The van der Waals surface area contributed by atoms with Gasteiger partial charge in [-0.2, -0.15) is 0 Å². The summed E-state index contributed by atoms with van der Waals surface area (Å²) in [7, 11) is 3.11. The summed E-state index contributed by atoms with van der Waals surface area (Å²) in [6.07, 6.45) is 1.15. The summed E-state index contributed by atoms with van der Waals surface area (Å²) in [5.74, 6) is 1.12. The maximum Gasteiger partial charge on any atom is 0.321 e. The third kappa shape index (κ3) is 5.90. The number of ether oxygens (including phenoxy) is 2. The number of nitrogens with one attached hydrogen (secondary N) is 2. The first-order valence-corrected chi connectivity index (χ1v) is 9.73. The Kier molecular flexibility index (Phi) is 8.38. The number of carbonyl (C=O) groups is 3. The fourth-order valence-corrected chi connectivity index (χ4v) is 3.56. The monoisotopic (exact) mass is 426 g/mol. The largest absolute Gasteiger partial charge is 0.495 e. The number of amides is 4. The zero-order valence-electron chi connectivity index (χ0n) is 16.9. The van der Waals surface area contributed by atoms with Crippen LogP contribution in [-0.2, 0) is 9.59 Å². The topological polar surface area (TPSA) is 100 Å². The number of piperazine rings is 1. The molecule has 9 nitrogen and oxygen atoms in total. The van der Waals surface area contributed by atoms with Gasteiger partial charge in [0.1, 0.15) is 16.5 Å². The lowest BCUT2D eigenvalue weighted by Gasteiger charge is -2.41. The number of benzene rings is 1. The molecule has 1 atom stereocenters. The molecule has 0 radical (unpaired) electrons. The first-order valence-electron chi connectivity index (χ1n) is 9.35. The summed E-state index contributed by atoms with van der Waals surface area (Å²) in [6, 6.07) is 3.27. The van der Waals surface area contributed by atoms with Crippen LogP contribution in [0.15, 0.2) is 12.1 Å². The molecule has 1 saturated heterocycles. The Morgan fingerprint density at radius 3 is 2.45 bits per heavy atom. The normalized spacial score (nSPS) is 16.2. The summed E-state index contributed by atoms with van der Waals surface area (Å²) in [5, 5.41) is 4.92. The number of anilines is 1. The zero-order chi connectivity index (χ0) is 21.4. The lowest BCUT2D eigenvalue weighted by atomic mass is 10.1. The van der Waals surface area contributed by atoms with Crippen molar-refractivity contribution < 1.29 is 23.9 Å². The Balaban J connectivity index is 1.91. The maximum atomic E-state index is 12.5. The Labute approximate surface area is 175 Å². The molecule has 1 aliphatic heterocycles. The number of urea groups is 1. The minimum Gasteiger partial charge on any atom is -0.495 e. The van der Waals surface area contributed by atoms with Gasteiger partial charge in [0.2, 0.25) is 12.3 Å². The molecule has 160 valence electrons. The number of nitrogens with zero attached hydrogens (tertiary/aromatic N) is 2. The fraction of sp³-hybridized carbons (Fsp3) is 0.526. The molecule has 1 heterocycles. The van der Waals surface area contributed by atoms with Gasteiger partial charge in [-0.25, -0.2) is 4.79 Å². The van der Waals surface area contributed by atoms with Crippen LogP contribution in [0.3, 0.4) is 0 Å². The first-order chi connectivity index (χ1) is 13.9. The SMILES string of the molecule is COc1cc(N2CCN(C(=O)CCCNC(=O)NC=O)C[C@@H]2C)cc(OC)c1Cl. The number of rotatable bonds is 8. The van der Waals surface area contributed by atoms with E-state index in [9.17, 15) is 14.4 Å². The third-order valence-corrected chi connectivity index (χ3v) is 5.16. The van der Waals surface area contributed by atoms with Gasteiger partial charge in [-0.1, -0.05) is 11.6 Å². The van der Waals surface area contributed by atoms with Crippen LogP contribution in [0, 0.1) is 0 Å². The smallest absolute Gasteiger partial charge is 0.321 e. The molecular formula is C19H27ClN4O5. The van der Waals surface area contributed by atoms with Crippen molar-refractivity contribution in [2.45, 2.75) is 25.8 Å². The van der Waals surface area contributed by atoms with Crippen molar-refractivity contribution in [3.63, 3.8) is 0 Å². The van der Waals surface area contributed by atoms with Crippen LogP contribution < -0.4 is 25.0 Å². The van der Waals surface area contributed by atoms with E-state index in [1.165, 1.54) is 0 Å². The number of hydrogen-bond donors (Lipinski definition) is 2. The molecule has 4 amide bonds. The molecule has 0 spiro atoms. The van der Waals surface area contributed by atoms with Gasteiger partial charge >= 0.3 is 6.03 Å². The fourth-order valence-electron chi connectivity index (χ4n) is 3.29. The number of hydrogen-bond acceptors (Lipinski definition) is 6. The predicted molar refractivity (Wildman–Crippen MR) is 110 cm³/mol. The third-order valence-electron chi connectivity index (χ3n) is 4.79. The van der Waals surface area contributed by atoms with Crippen LogP contribution in [0.1, 0.15) is 19.8 Å². The van der Waals surface area contributed by atoms with E-state index >= 15 is 0 Å². The van der Waals surface area contributed by atoms with Gasteiger partial charge in [0.05, 0.1) is 14.2 Å². The lowest BCUT2D eigenvalue weighted by Crippen LogP contribution is -2.53. The van der Waals surface area contributed by atoms with Crippen molar-refractivity contribution in [1.82, 2.24) is 15.5 Å². The molecule has 0 saturated carbocycles. The summed E-state index contributed by atoms with van der Waals surface area (Å²) >= 11 is 6.25. The molecule has 1 aromatic rings. The molecule has 1 aromatic carbocycles. The summed E-state index contributed by atoms with van der Waals surface area (Å²) in [6.45, 7) is 4.23. The van der Waals surface area contributed by atoms with Crippen LogP contribution in [-0.4, -0.2) is 69.7 Å². The highest BCUT2D eigenvalue weighted by Crippen LogP contribution is 2.39. The van der Waals surface area contributed by atoms with E-state index < -0.39 is 6.03 Å². The zero-order valence-corrected chi connectivity index (χ0v) is 17.6. The molecule has 1 fully saturated rings. The molecule has 0 unspecified atom stereocenters. The molecule has 2 rings (SSSR count). The highest BCUT2D eigenvalue weighted by atomic mass is 35.5. The van der Waals surface area contributed by atoms with E-state index in [0.29, 0.717) is 62.0 Å². The van der Waals surface area contributed by atoms with Crippen molar-refractivity contribution in [2.24, 2.45) is 0 Å². The molecule has 2 N–H and O–H groups in total. The second kappa shape index (κ2) is 10.8. The van der Waals surface area contributed by atoms with Gasteiger partial charge in [0.25, 0.3) is 0 Å². The van der Waals surface area contributed by atoms with E-state index in [2.05, 4.69) is 17.1 Å². The van der Waals surface area contributed by atoms with Crippen LogP contribution in [0.5, 0.6) is 11.5 Å². The lowest BCUT2D eigenvalue weighted by molar-refractivity contribution is -0.132. The van der Waals surface area contributed by atoms with E-state index in [1.54, 1.807) is 14.2 Å². The number of carbonyl (C=O) groups excluding carboxylic acids is 3. The molecule has 0 aliphatic carbocycles. The summed E-state index contributed by atoms with van der Waals surface area (Å²) in [5.41, 5.74) is 0.924. The van der Waals surface area contributed by atoms with Crippen molar-refractivity contribution >= 4 is 35.6 Å². The van der Waals surface area contributed by atoms with Gasteiger partial charge in [-0.05, 0) is 13.3 Å². The average molecular weight is 427 g/mol. The van der Waals surface area contributed by atoms with Gasteiger partial charge in [0.15, 0.2) is 0 Å². The predicted octanol–water partition coefficient (Wildman–Crippen LogP) is 1.63. The highest BCUT2D eigenvalue weighted by Gasteiger charge is 2.27. The highest BCUT2D eigenvalue weighted by molar-refractivity contribution is 6.33. The number of halogens is 1. The number of imide groups is 1. The second-order valence-corrected chi connectivity index (χ2v) is 7.05. The van der Waals surface area contributed by atoms with Gasteiger partial charge in [-0.3, -0.25) is 14.9 Å². The van der Waals surface area contributed by atoms with E-state index in [1.807, 2.05) is 22.3 Å². The molecule has 29 heavy (non-hydrogen) atoms. The van der Waals surface area contributed by atoms with Gasteiger partial charge in [-0.15, -0.1) is 0 Å². The Bertz CT molecular complexity index is 720. The maximum absolute atomic E-state index is 12.5. The van der Waals surface area contributed by atoms with Crippen molar-refractivity contribution in [2.75, 3.05) is 45.3 Å². The minimum atomic E-state index is -0.566. The van der Waals surface area contributed by atoms with E-state index in [-0.39, 0.29) is 11.9 Å². The van der Waals surface area contributed by atoms with Crippen molar-refractivity contribution in [1.29, 1.82) is 0 Å². The standard InChI is InChI=1S/C19H27ClN4O5/c1-13-11-23(17(26)5-4-6-21-19(27)22-12-25)7-8-24(13)14-9-15(28-2)18(20)16(10-14)29-3/h9-10,12-13H,4-8,11H2,1-3H3,(H2,21,22,25,27)/t13-/m0/s1. The second-order valence-electron chi connectivity index (χ2n) is 6.67. The Morgan fingerprint density at radius 2 is 1.90 bits per heavy atom. The van der Waals surface area contributed by atoms with E-state index in [4.69, 9.17) is 21.1 Å².